The minimum Gasteiger partial charge on any atom is -0.465 e. The Bertz CT molecular complexity index is 540. The highest BCUT2D eigenvalue weighted by Crippen LogP contribution is 2.26. The maximum absolute atomic E-state index is 12.5. The number of nitrogens with one attached hydrogen (secondary N) is 1. The highest BCUT2D eigenvalue weighted by molar-refractivity contribution is 5.79. The lowest BCUT2D eigenvalue weighted by Gasteiger charge is -2.32. The van der Waals surface area contributed by atoms with E-state index >= 15 is 0 Å². The minimum atomic E-state index is -0.947. The first-order valence-corrected chi connectivity index (χ1v) is 8.86. The smallest absolute Gasteiger partial charge is 0.407 e. The van der Waals surface area contributed by atoms with Crippen LogP contribution in [-0.4, -0.2) is 54.4 Å². The number of carbonyl (C=O) groups excluding carboxylic acids is 1. The summed E-state index contributed by atoms with van der Waals surface area (Å²) in [6.07, 6.45) is 13.2. The first kappa shape index (κ1) is 19.2. The summed E-state index contributed by atoms with van der Waals surface area (Å²) >= 11 is 0. The average molecular weight is 348 g/mol. The molecule has 2 amide bonds. The fourth-order valence-corrected chi connectivity index (χ4v) is 3.54. The Labute approximate surface area is 149 Å². The van der Waals surface area contributed by atoms with E-state index in [0.29, 0.717) is 19.0 Å². The molecule has 0 aromatic carbocycles. The van der Waals surface area contributed by atoms with Gasteiger partial charge in [0.25, 0.3) is 0 Å². The molecule has 6 heteroatoms. The number of rotatable bonds is 7. The first-order valence-electron chi connectivity index (χ1n) is 8.86. The lowest BCUT2D eigenvalue weighted by Crippen LogP contribution is -2.49. The van der Waals surface area contributed by atoms with Gasteiger partial charge in [0.15, 0.2) is 0 Å². The van der Waals surface area contributed by atoms with Crippen molar-refractivity contribution in [1.29, 1.82) is 0 Å². The number of carbonyl (C=O) groups is 2. The Morgan fingerprint density at radius 2 is 1.96 bits per heavy atom. The quantitative estimate of drug-likeness (QED) is 0.741. The van der Waals surface area contributed by atoms with Crippen LogP contribution in [0.2, 0.25) is 0 Å². The summed E-state index contributed by atoms with van der Waals surface area (Å²) in [5.41, 5.74) is 0. The third kappa shape index (κ3) is 5.19. The van der Waals surface area contributed by atoms with Gasteiger partial charge >= 0.3 is 6.09 Å². The molecule has 1 aliphatic carbocycles. The largest absolute Gasteiger partial charge is 0.465 e. The zero-order valence-electron chi connectivity index (χ0n) is 14.9. The Morgan fingerprint density at radius 3 is 2.56 bits per heavy atom. The molecule has 1 fully saturated rings. The van der Waals surface area contributed by atoms with Crippen LogP contribution in [-0.2, 0) is 9.53 Å². The standard InChI is InChI=1S/C19H28N2O4/c1-14(17(25-2)16-10-7-13-21(16)19(23)24)18(22)20-12-11-15-8-5-3-4-6-9-15/h3-6,8-9,14-17H,7,10-13H2,1-2H3,(H,20,22)(H,23,24)/t14-,16+,17-/m1/s1. The summed E-state index contributed by atoms with van der Waals surface area (Å²) in [5.74, 6) is -0.193. The van der Waals surface area contributed by atoms with E-state index in [2.05, 4.69) is 17.5 Å². The number of hydrogen-bond acceptors (Lipinski definition) is 3. The number of hydrogen-bond donors (Lipinski definition) is 2. The van der Waals surface area contributed by atoms with E-state index in [4.69, 9.17) is 4.74 Å². The second-order valence-corrected chi connectivity index (χ2v) is 6.57. The summed E-state index contributed by atoms with van der Waals surface area (Å²) < 4.78 is 5.51. The van der Waals surface area contributed by atoms with Gasteiger partial charge in [0.2, 0.25) is 5.91 Å². The van der Waals surface area contributed by atoms with Gasteiger partial charge in [-0.25, -0.2) is 4.79 Å². The molecule has 0 saturated carbocycles. The number of ether oxygens (including phenoxy) is 1. The molecule has 1 saturated heterocycles. The molecule has 25 heavy (non-hydrogen) atoms. The molecule has 138 valence electrons. The van der Waals surface area contributed by atoms with Crippen molar-refractivity contribution in [3.8, 4) is 0 Å². The van der Waals surface area contributed by atoms with Gasteiger partial charge in [0.05, 0.1) is 18.1 Å². The lowest BCUT2D eigenvalue weighted by atomic mass is 9.95. The third-order valence-electron chi connectivity index (χ3n) is 4.93. The van der Waals surface area contributed by atoms with Gasteiger partial charge in [-0.2, -0.15) is 0 Å². The molecule has 0 aromatic heterocycles. The Morgan fingerprint density at radius 1 is 1.28 bits per heavy atom. The number of amides is 2. The van der Waals surface area contributed by atoms with Crippen LogP contribution in [0.25, 0.3) is 0 Å². The van der Waals surface area contributed by atoms with E-state index in [1.807, 2.05) is 24.3 Å². The number of nitrogens with zero attached hydrogens (tertiary/aromatic N) is 1. The van der Waals surface area contributed by atoms with Crippen LogP contribution >= 0.6 is 0 Å². The van der Waals surface area contributed by atoms with Crippen LogP contribution in [0.1, 0.15) is 26.2 Å². The van der Waals surface area contributed by atoms with E-state index in [-0.39, 0.29) is 11.9 Å². The van der Waals surface area contributed by atoms with Gasteiger partial charge in [-0.15, -0.1) is 0 Å². The Balaban J connectivity index is 1.85. The van der Waals surface area contributed by atoms with E-state index < -0.39 is 18.1 Å². The molecule has 2 aliphatic rings. The SMILES string of the molecule is CO[C@H]([C@@H](C)C(=O)NCCC1C=CC=CC=C1)[C@@H]1CCCN1C(=O)O. The van der Waals surface area contributed by atoms with E-state index in [1.54, 1.807) is 14.0 Å². The second kappa shape index (κ2) is 9.42. The molecule has 0 bridgehead atoms. The Hall–Kier alpha value is -2.08. The van der Waals surface area contributed by atoms with Crippen molar-refractivity contribution in [2.24, 2.45) is 11.8 Å². The fraction of sp³-hybridized carbons (Fsp3) is 0.579. The third-order valence-corrected chi connectivity index (χ3v) is 4.93. The molecule has 6 nitrogen and oxygen atoms in total. The van der Waals surface area contributed by atoms with Gasteiger partial charge in [0.1, 0.15) is 0 Å². The summed E-state index contributed by atoms with van der Waals surface area (Å²) in [6.45, 7) is 2.88. The van der Waals surface area contributed by atoms with Gasteiger partial charge in [0, 0.05) is 20.2 Å². The Kier molecular flexibility index (Phi) is 7.25. The van der Waals surface area contributed by atoms with Crippen molar-refractivity contribution in [1.82, 2.24) is 10.2 Å². The molecule has 2 N–H and O–H groups in total. The molecule has 2 rings (SSSR count). The highest BCUT2D eigenvalue weighted by Gasteiger charge is 2.39. The van der Waals surface area contributed by atoms with Crippen molar-refractivity contribution >= 4 is 12.0 Å². The number of likely N-dealkylation sites (tertiary alicyclic amines) is 1. The van der Waals surface area contributed by atoms with Crippen LogP contribution in [0.5, 0.6) is 0 Å². The topological polar surface area (TPSA) is 78.9 Å². The molecule has 3 atom stereocenters. The summed E-state index contributed by atoms with van der Waals surface area (Å²) in [5, 5.41) is 12.3. The van der Waals surface area contributed by atoms with Crippen LogP contribution in [0.15, 0.2) is 36.5 Å². The monoisotopic (exact) mass is 348 g/mol. The number of allylic oxidation sites excluding steroid dienone is 6. The molecule has 0 aromatic rings. The molecule has 0 unspecified atom stereocenters. The van der Waals surface area contributed by atoms with Crippen LogP contribution < -0.4 is 5.32 Å². The molecular weight excluding hydrogens is 320 g/mol. The van der Waals surface area contributed by atoms with Crippen molar-refractivity contribution < 1.29 is 19.4 Å². The molecule has 0 radical (unpaired) electrons. The fourth-order valence-electron chi connectivity index (χ4n) is 3.54. The van der Waals surface area contributed by atoms with E-state index in [0.717, 1.165) is 19.3 Å². The molecule has 1 aliphatic heterocycles. The predicted octanol–water partition coefficient (Wildman–Crippen LogP) is 2.58. The lowest BCUT2D eigenvalue weighted by molar-refractivity contribution is -0.130. The van der Waals surface area contributed by atoms with Crippen molar-refractivity contribution in [2.75, 3.05) is 20.2 Å². The van der Waals surface area contributed by atoms with Crippen LogP contribution in [0.4, 0.5) is 4.79 Å². The first-order chi connectivity index (χ1) is 12.0. The maximum Gasteiger partial charge on any atom is 0.407 e. The summed E-state index contributed by atoms with van der Waals surface area (Å²) in [7, 11) is 1.54. The molecule has 0 spiro atoms. The zero-order chi connectivity index (χ0) is 18.2. The minimum absolute atomic E-state index is 0.0937. The molecular formula is C19H28N2O4. The number of carboxylic acid groups (broad SMARTS) is 1. The van der Waals surface area contributed by atoms with Crippen LogP contribution in [0.3, 0.4) is 0 Å². The van der Waals surface area contributed by atoms with Crippen molar-refractivity contribution in [2.45, 2.75) is 38.3 Å². The number of methoxy groups -OCH3 is 1. The van der Waals surface area contributed by atoms with Gasteiger partial charge in [-0.1, -0.05) is 43.4 Å². The average Bonchev–Trinajstić information content (AvgIpc) is 2.93. The summed E-state index contributed by atoms with van der Waals surface area (Å²) in [4.78, 5) is 25.2. The van der Waals surface area contributed by atoms with Crippen molar-refractivity contribution in [3.05, 3.63) is 36.5 Å². The summed E-state index contributed by atoms with van der Waals surface area (Å²) in [6, 6.07) is -0.262. The van der Waals surface area contributed by atoms with Crippen LogP contribution in [0, 0.1) is 11.8 Å². The van der Waals surface area contributed by atoms with Crippen molar-refractivity contribution in [3.63, 3.8) is 0 Å². The highest BCUT2D eigenvalue weighted by atomic mass is 16.5. The second-order valence-electron chi connectivity index (χ2n) is 6.57. The normalized spacial score (nSPS) is 22.6. The zero-order valence-corrected chi connectivity index (χ0v) is 14.9. The van der Waals surface area contributed by atoms with Gasteiger partial charge < -0.3 is 20.1 Å². The van der Waals surface area contributed by atoms with E-state index in [9.17, 15) is 14.7 Å². The molecule has 1 heterocycles. The van der Waals surface area contributed by atoms with Gasteiger partial charge in [-0.3, -0.25) is 4.79 Å². The van der Waals surface area contributed by atoms with E-state index in [1.165, 1.54) is 4.90 Å². The maximum atomic E-state index is 12.5. The van der Waals surface area contributed by atoms with Gasteiger partial charge in [-0.05, 0) is 25.2 Å². The predicted molar refractivity (Wildman–Crippen MR) is 96.3 cm³/mol.